The summed E-state index contributed by atoms with van der Waals surface area (Å²) in [6.45, 7) is 3.38. The summed E-state index contributed by atoms with van der Waals surface area (Å²) in [5.41, 5.74) is 0.673. The van der Waals surface area contributed by atoms with Crippen LogP contribution >= 0.6 is 0 Å². The van der Waals surface area contributed by atoms with Crippen molar-refractivity contribution in [3.8, 4) is 0 Å². The predicted molar refractivity (Wildman–Crippen MR) is 73.9 cm³/mol. The SMILES string of the molecule is CCCCc1c(C2CCN(C(=O)OC)CC2)o[nH]c1=O. The Labute approximate surface area is 118 Å². The Hall–Kier alpha value is -1.72. The Morgan fingerprint density at radius 1 is 1.45 bits per heavy atom. The van der Waals surface area contributed by atoms with Crippen LogP contribution in [0.4, 0.5) is 4.79 Å². The maximum Gasteiger partial charge on any atom is 0.409 e. The van der Waals surface area contributed by atoms with Crippen LogP contribution in [0.1, 0.15) is 49.8 Å². The molecule has 1 aromatic heterocycles. The molecule has 0 atom stereocenters. The van der Waals surface area contributed by atoms with Gasteiger partial charge in [-0.1, -0.05) is 13.3 Å². The van der Waals surface area contributed by atoms with Crippen LogP contribution in [-0.2, 0) is 11.2 Å². The van der Waals surface area contributed by atoms with E-state index in [0.717, 1.165) is 43.4 Å². The maximum atomic E-state index is 11.8. The van der Waals surface area contributed by atoms with Crippen LogP contribution in [0.5, 0.6) is 0 Å². The average molecular weight is 282 g/mol. The zero-order chi connectivity index (χ0) is 14.5. The predicted octanol–water partition coefficient (Wildman–Crippen LogP) is 2.26. The van der Waals surface area contributed by atoms with Gasteiger partial charge >= 0.3 is 6.09 Å². The lowest BCUT2D eigenvalue weighted by Crippen LogP contribution is -2.37. The summed E-state index contributed by atoms with van der Waals surface area (Å²) in [6, 6.07) is 0. The van der Waals surface area contributed by atoms with Crippen LogP contribution in [0.25, 0.3) is 0 Å². The molecule has 1 aromatic rings. The molecule has 1 fully saturated rings. The van der Waals surface area contributed by atoms with Crippen LogP contribution in [-0.4, -0.2) is 36.3 Å². The van der Waals surface area contributed by atoms with Crippen molar-refractivity contribution < 1.29 is 14.1 Å². The first-order valence-corrected chi connectivity index (χ1v) is 7.20. The highest BCUT2D eigenvalue weighted by Gasteiger charge is 2.28. The third-order valence-electron chi connectivity index (χ3n) is 3.90. The topological polar surface area (TPSA) is 75.5 Å². The Kier molecular flexibility index (Phi) is 4.87. The van der Waals surface area contributed by atoms with Crippen LogP contribution in [0.15, 0.2) is 9.32 Å². The summed E-state index contributed by atoms with van der Waals surface area (Å²) in [5.74, 6) is 0.995. The minimum Gasteiger partial charge on any atom is -0.453 e. The van der Waals surface area contributed by atoms with Crippen molar-refractivity contribution in [3.05, 3.63) is 21.7 Å². The molecule has 1 aliphatic heterocycles. The second kappa shape index (κ2) is 6.63. The Bertz CT molecular complexity index is 498. The van der Waals surface area contributed by atoms with E-state index in [4.69, 9.17) is 9.26 Å². The molecular weight excluding hydrogens is 260 g/mol. The molecule has 0 unspecified atom stereocenters. The molecule has 0 saturated carbocycles. The first kappa shape index (κ1) is 14.7. The first-order chi connectivity index (χ1) is 9.67. The number of aromatic nitrogens is 1. The van der Waals surface area contributed by atoms with Crippen molar-refractivity contribution in [1.29, 1.82) is 0 Å². The van der Waals surface area contributed by atoms with Crippen LogP contribution in [0.3, 0.4) is 0 Å². The molecule has 6 heteroatoms. The molecule has 20 heavy (non-hydrogen) atoms. The maximum absolute atomic E-state index is 11.8. The summed E-state index contributed by atoms with van der Waals surface area (Å²) >= 11 is 0. The summed E-state index contributed by atoms with van der Waals surface area (Å²) in [6.07, 6.45) is 4.10. The third kappa shape index (κ3) is 3.05. The number of hydrogen-bond acceptors (Lipinski definition) is 4. The standard InChI is InChI=1S/C14H22N2O4/c1-3-4-5-11-12(20-15-13(11)17)10-6-8-16(9-7-10)14(18)19-2/h10H,3-9H2,1-2H3,(H,15,17). The number of rotatable bonds is 4. The van der Waals surface area contributed by atoms with E-state index in [1.54, 1.807) is 4.90 Å². The van der Waals surface area contributed by atoms with Crippen molar-refractivity contribution in [1.82, 2.24) is 10.1 Å². The average Bonchev–Trinajstić information content (AvgIpc) is 2.85. The fraction of sp³-hybridized carbons (Fsp3) is 0.714. The fourth-order valence-electron chi connectivity index (χ4n) is 2.71. The molecule has 6 nitrogen and oxygen atoms in total. The second-order valence-corrected chi connectivity index (χ2v) is 5.21. The molecule has 0 bridgehead atoms. The highest BCUT2D eigenvalue weighted by atomic mass is 16.5. The van der Waals surface area contributed by atoms with Gasteiger partial charge in [-0.25, -0.2) is 4.79 Å². The van der Waals surface area contributed by atoms with Gasteiger partial charge in [0, 0.05) is 19.0 Å². The van der Waals surface area contributed by atoms with Crippen molar-refractivity contribution in [2.75, 3.05) is 20.2 Å². The van der Waals surface area contributed by atoms with Gasteiger partial charge in [0.1, 0.15) is 5.76 Å². The number of nitrogens with zero attached hydrogens (tertiary/aromatic N) is 1. The van der Waals surface area contributed by atoms with E-state index >= 15 is 0 Å². The van der Waals surface area contributed by atoms with Gasteiger partial charge in [0.05, 0.1) is 12.7 Å². The van der Waals surface area contributed by atoms with Gasteiger partial charge in [0.25, 0.3) is 5.56 Å². The lowest BCUT2D eigenvalue weighted by Gasteiger charge is -2.30. The van der Waals surface area contributed by atoms with E-state index in [2.05, 4.69) is 12.1 Å². The van der Waals surface area contributed by atoms with Crippen molar-refractivity contribution in [3.63, 3.8) is 0 Å². The van der Waals surface area contributed by atoms with Gasteiger partial charge < -0.3 is 14.2 Å². The van der Waals surface area contributed by atoms with E-state index in [1.807, 2.05) is 0 Å². The van der Waals surface area contributed by atoms with Crippen molar-refractivity contribution in [2.45, 2.75) is 44.9 Å². The van der Waals surface area contributed by atoms with E-state index in [1.165, 1.54) is 7.11 Å². The van der Waals surface area contributed by atoms with Crippen LogP contribution in [0, 0.1) is 0 Å². The number of piperidine rings is 1. The summed E-state index contributed by atoms with van der Waals surface area (Å²) < 4.78 is 10.1. The summed E-state index contributed by atoms with van der Waals surface area (Å²) in [7, 11) is 1.39. The number of nitrogens with one attached hydrogen (secondary N) is 1. The molecule has 2 heterocycles. The van der Waals surface area contributed by atoms with Gasteiger partial charge in [-0.3, -0.25) is 4.79 Å². The zero-order valence-corrected chi connectivity index (χ0v) is 12.1. The molecule has 1 aliphatic rings. The Balaban J connectivity index is 2.03. The normalized spacial score (nSPS) is 16.4. The minimum atomic E-state index is -0.287. The smallest absolute Gasteiger partial charge is 0.409 e. The van der Waals surface area contributed by atoms with Gasteiger partial charge in [-0.15, -0.1) is 0 Å². The monoisotopic (exact) mass is 282 g/mol. The number of carbonyl (C=O) groups is 1. The van der Waals surface area contributed by atoms with Gasteiger partial charge in [-0.2, -0.15) is 5.16 Å². The van der Waals surface area contributed by atoms with Gasteiger partial charge in [0.2, 0.25) is 0 Å². The molecule has 1 amide bonds. The van der Waals surface area contributed by atoms with Crippen LogP contribution < -0.4 is 5.56 Å². The number of H-pyrrole nitrogens is 1. The van der Waals surface area contributed by atoms with Crippen molar-refractivity contribution in [2.24, 2.45) is 0 Å². The second-order valence-electron chi connectivity index (χ2n) is 5.21. The Morgan fingerprint density at radius 2 is 2.15 bits per heavy atom. The molecule has 112 valence electrons. The largest absolute Gasteiger partial charge is 0.453 e. The number of carbonyl (C=O) groups excluding carboxylic acids is 1. The van der Waals surface area contributed by atoms with E-state index in [0.29, 0.717) is 13.1 Å². The molecule has 0 radical (unpaired) electrons. The first-order valence-electron chi connectivity index (χ1n) is 7.20. The lowest BCUT2D eigenvalue weighted by molar-refractivity contribution is 0.110. The number of likely N-dealkylation sites (tertiary alicyclic amines) is 1. The van der Waals surface area contributed by atoms with Gasteiger partial charge in [0.15, 0.2) is 0 Å². The molecule has 1 N–H and O–H groups in total. The Morgan fingerprint density at radius 3 is 2.75 bits per heavy atom. The molecule has 2 rings (SSSR count). The molecule has 1 saturated heterocycles. The molecule has 0 aromatic carbocycles. The highest BCUT2D eigenvalue weighted by molar-refractivity contribution is 5.67. The molecular formula is C14H22N2O4. The van der Waals surface area contributed by atoms with Gasteiger partial charge in [-0.05, 0) is 25.7 Å². The molecule has 0 aliphatic carbocycles. The van der Waals surface area contributed by atoms with Crippen LogP contribution in [0.2, 0.25) is 0 Å². The minimum absolute atomic E-state index is 0.108. The zero-order valence-electron chi connectivity index (χ0n) is 12.1. The lowest BCUT2D eigenvalue weighted by atomic mass is 9.91. The number of ether oxygens (including phenoxy) is 1. The molecule has 0 spiro atoms. The van der Waals surface area contributed by atoms with E-state index in [-0.39, 0.29) is 17.6 Å². The van der Waals surface area contributed by atoms with E-state index in [9.17, 15) is 9.59 Å². The number of amides is 1. The summed E-state index contributed by atoms with van der Waals surface area (Å²) in [4.78, 5) is 24.9. The number of unbranched alkanes of at least 4 members (excludes halogenated alkanes) is 1. The third-order valence-corrected chi connectivity index (χ3v) is 3.90. The number of aromatic amines is 1. The quantitative estimate of drug-likeness (QED) is 0.919. The number of methoxy groups -OCH3 is 1. The number of hydrogen-bond donors (Lipinski definition) is 1. The summed E-state index contributed by atoms with van der Waals surface area (Å²) in [5, 5.41) is 2.45. The van der Waals surface area contributed by atoms with Crippen molar-refractivity contribution >= 4 is 6.09 Å². The fourth-order valence-corrected chi connectivity index (χ4v) is 2.71. The highest BCUT2D eigenvalue weighted by Crippen LogP contribution is 2.29. The van der Waals surface area contributed by atoms with E-state index < -0.39 is 0 Å².